The van der Waals surface area contributed by atoms with Gasteiger partial charge in [-0.25, -0.2) is 0 Å². The molecule has 0 amide bonds. The molecule has 2 aliphatic heterocycles. The quantitative estimate of drug-likeness (QED) is 0.684. The summed E-state index contributed by atoms with van der Waals surface area (Å²) in [6, 6.07) is 0.296. The third kappa shape index (κ3) is 1.49. The minimum atomic E-state index is 0.266. The van der Waals surface area contributed by atoms with Gasteiger partial charge in [0.15, 0.2) is 0 Å². The van der Waals surface area contributed by atoms with Gasteiger partial charge in [0, 0.05) is 18.2 Å². The predicted molar refractivity (Wildman–Crippen MR) is 50.7 cm³/mol. The Hall–Kier alpha value is -0.120. The fourth-order valence-corrected chi connectivity index (χ4v) is 2.77. The van der Waals surface area contributed by atoms with E-state index in [2.05, 4.69) is 11.8 Å². The number of rotatable bonds is 2. The van der Waals surface area contributed by atoms with E-state index >= 15 is 0 Å². The van der Waals surface area contributed by atoms with Crippen molar-refractivity contribution >= 4 is 0 Å². The van der Waals surface area contributed by atoms with E-state index in [9.17, 15) is 0 Å². The van der Waals surface area contributed by atoms with Crippen molar-refractivity contribution in [2.24, 2.45) is 0 Å². The SMILES string of the molecule is CC(CO)N1CCCC12CCOC2. The molecule has 0 aromatic carbocycles. The third-order valence-electron chi connectivity index (χ3n) is 3.53. The monoisotopic (exact) mass is 185 g/mol. The minimum Gasteiger partial charge on any atom is -0.395 e. The molecule has 13 heavy (non-hydrogen) atoms. The Morgan fingerprint density at radius 2 is 2.38 bits per heavy atom. The van der Waals surface area contributed by atoms with E-state index in [1.165, 1.54) is 12.8 Å². The average Bonchev–Trinajstić information content (AvgIpc) is 2.76. The van der Waals surface area contributed by atoms with Crippen molar-refractivity contribution in [3.63, 3.8) is 0 Å². The molecule has 0 saturated carbocycles. The summed E-state index contributed by atoms with van der Waals surface area (Å²) in [5.41, 5.74) is 0.280. The third-order valence-corrected chi connectivity index (χ3v) is 3.53. The van der Waals surface area contributed by atoms with Crippen LogP contribution in [0, 0.1) is 0 Å². The van der Waals surface area contributed by atoms with Crippen LogP contribution in [0.1, 0.15) is 26.2 Å². The molecule has 2 fully saturated rings. The number of aliphatic hydroxyl groups excluding tert-OH is 1. The molecule has 2 saturated heterocycles. The summed E-state index contributed by atoms with van der Waals surface area (Å²) >= 11 is 0. The first-order valence-corrected chi connectivity index (χ1v) is 5.24. The summed E-state index contributed by atoms with van der Waals surface area (Å²) in [6.07, 6.45) is 3.66. The van der Waals surface area contributed by atoms with Gasteiger partial charge in [-0.2, -0.15) is 0 Å². The topological polar surface area (TPSA) is 32.7 Å². The van der Waals surface area contributed by atoms with Crippen LogP contribution in [0.15, 0.2) is 0 Å². The lowest BCUT2D eigenvalue weighted by Gasteiger charge is -2.37. The van der Waals surface area contributed by atoms with Gasteiger partial charge >= 0.3 is 0 Å². The van der Waals surface area contributed by atoms with Gasteiger partial charge in [0.05, 0.1) is 13.2 Å². The van der Waals surface area contributed by atoms with Gasteiger partial charge in [0.25, 0.3) is 0 Å². The van der Waals surface area contributed by atoms with Crippen LogP contribution in [0.4, 0.5) is 0 Å². The Kier molecular flexibility index (Phi) is 2.58. The van der Waals surface area contributed by atoms with Crippen molar-refractivity contribution in [1.29, 1.82) is 0 Å². The van der Waals surface area contributed by atoms with Crippen LogP contribution < -0.4 is 0 Å². The summed E-state index contributed by atoms with van der Waals surface area (Å²) in [5, 5.41) is 9.16. The molecule has 0 bridgehead atoms. The van der Waals surface area contributed by atoms with E-state index in [4.69, 9.17) is 9.84 Å². The standard InChI is InChI=1S/C10H19NO2/c1-9(7-12)11-5-2-3-10(11)4-6-13-8-10/h9,12H,2-8H2,1H3. The zero-order chi connectivity index (χ0) is 9.31. The summed E-state index contributed by atoms with van der Waals surface area (Å²) in [6.45, 7) is 5.27. The molecule has 1 spiro atoms. The predicted octanol–water partition coefficient (Wildman–Crippen LogP) is 0.622. The normalized spacial score (nSPS) is 37.4. The van der Waals surface area contributed by atoms with Crippen LogP contribution in [-0.2, 0) is 4.74 Å². The van der Waals surface area contributed by atoms with Crippen molar-refractivity contribution in [3.8, 4) is 0 Å². The Labute approximate surface area is 79.7 Å². The largest absolute Gasteiger partial charge is 0.395 e. The zero-order valence-corrected chi connectivity index (χ0v) is 8.33. The zero-order valence-electron chi connectivity index (χ0n) is 8.33. The molecular formula is C10H19NO2. The number of ether oxygens (including phenoxy) is 1. The maximum Gasteiger partial charge on any atom is 0.0651 e. The molecule has 76 valence electrons. The molecule has 2 unspecified atom stereocenters. The first kappa shape index (κ1) is 9.44. The number of nitrogens with zero attached hydrogens (tertiary/aromatic N) is 1. The second kappa shape index (κ2) is 3.56. The number of likely N-dealkylation sites (tertiary alicyclic amines) is 1. The highest BCUT2D eigenvalue weighted by Gasteiger charge is 2.45. The second-order valence-electron chi connectivity index (χ2n) is 4.36. The van der Waals surface area contributed by atoms with Gasteiger partial charge in [-0.05, 0) is 32.7 Å². The fraction of sp³-hybridized carbons (Fsp3) is 1.00. The van der Waals surface area contributed by atoms with E-state index in [0.29, 0.717) is 6.04 Å². The molecule has 3 nitrogen and oxygen atoms in total. The van der Waals surface area contributed by atoms with Gasteiger partial charge in [0.2, 0.25) is 0 Å². The minimum absolute atomic E-state index is 0.266. The van der Waals surface area contributed by atoms with Crippen molar-refractivity contribution in [1.82, 2.24) is 4.90 Å². The Morgan fingerprint density at radius 3 is 3.00 bits per heavy atom. The van der Waals surface area contributed by atoms with Gasteiger partial charge in [-0.1, -0.05) is 0 Å². The van der Waals surface area contributed by atoms with Gasteiger partial charge in [-0.3, -0.25) is 4.90 Å². The van der Waals surface area contributed by atoms with Gasteiger partial charge in [0.1, 0.15) is 0 Å². The lowest BCUT2D eigenvalue weighted by Crippen LogP contribution is -2.50. The Balaban J connectivity index is 2.08. The summed E-state index contributed by atoms with van der Waals surface area (Å²) in [7, 11) is 0. The Morgan fingerprint density at radius 1 is 1.54 bits per heavy atom. The van der Waals surface area contributed by atoms with E-state index in [-0.39, 0.29) is 12.1 Å². The van der Waals surface area contributed by atoms with Gasteiger partial charge in [-0.15, -0.1) is 0 Å². The van der Waals surface area contributed by atoms with Crippen molar-refractivity contribution in [2.75, 3.05) is 26.4 Å². The van der Waals surface area contributed by atoms with E-state index in [0.717, 1.165) is 26.2 Å². The molecule has 2 aliphatic rings. The highest BCUT2D eigenvalue weighted by atomic mass is 16.5. The van der Waals surface area contributed by atoms with Crippen LogP contribution in [0.3, 0.4) is 0 Å². The fourth-order valence-electron chi connectivity index (χ4n) is 2.77. The molecule has 0 aromatic rings. The molecule has 0 radical (unpaired) electrons. The molecule has 1 N–H and O–H groups in total. The Bertz CT molecular complexity index is 172. The molecule has 0 aliphatic carbocycles. The summed E-state index contributed by atoms with van der Waals surface area (Å²) in [5.74, 6) is 0. The lowest BCUT2D eigenvalue weighted by molar-refractivity contribution is 0.0472. The lowest BCUT2D eigenvalue weighted by atomic mass is 9.94. The molecule has 2 rings (SSSR count). The van der Waals surface area contributed by atoms with E-state index in [1.54, 1.807) is 0 Å². The van der Waals surface area contributed by atoms with Crippen LogP contribution in [0.5, 0.6) is 0 Å². The highest BCUT2D eigenvalue weighted by Crippen LogP contribution is 2.37. The van der Waals surface area contributed by atoms with E-state index < -0.39 is 0 Å². The number of aliphatic hydroxyl groups is 1. The molecular weight excluding hydrogens is 166 g/mol. The van der Waals surface area contributed by atoms with Crippen LogP contribution in [-0.4, -0.2) is 48.0 Å². The maximum absolute atomic E-state index is 9.16. The van der Waals surface area contributed by atoms with Crippen molar-refractivity contribution < 1.29 is 9.84 Å². The molecule has 3 heteroatoms. The van der Waals surface area contributed by atoms with E-state index in [1.807, 2.05) is 0 Å². The first-order chi connectivity index (χ1) is 6.28. The van der Waals surface area contributed by atoms with Crippen molar-refractivity contribution in [2.45, 2.75) is 37.8 Å². The smallest absolute Gasteiger partial charge is 0.0651 e. The first-order valence-electron chi connectivity index (χ1n) is 5.24. The summed E-state index contributed by atoms with van der Waals surface area (Å²) < 4.78 is 5.48. The molecule has 2 atom stereocenters. The molecule has 2 heterocycles. The van der Waals surface area contributed by atoms with Crippen LogP contribution in [0.25, 0.3) is 0 Å². The summed E-state index contributed by atoms with van der Waals surface area (Å²) in [4.78, 5) is 2.44. The molecule has 0 aromatic heterocycles. The maximum atomic E-state index is 9.16. The average molecular weight is 185 g/mol. The van der Waals surface area contributed by atoms with Crippen LogP contribution in [0.2, 0.25) is 0 Å². The number of hydrogen-bond donors (Lipinski definition) is 1. The van der Waals surface area contributed by atoms with Gasteiger partial charge < -0.3 is 9.84 Å². The second-order valence-corrected chi connectivity index (χ2v) is 4.36. The number of hydrogen-bond acceptors (Lipinski definition) is 3. The highest BCUT2D eigenvalue weighted by molar-refractivity contribution is 5.00. The van der Waals surface area contributed by atoms with Crippen LogP contribution >= 0.6 is 0 Å². The van der Waals surface area contributed by atoms with Crippen molar-refractivity contribution in [3.05, 3.63) is 0 Å².